The molecule has 26 heavy (non-hydrogen) atoms. The summed E-state index contributed by atoms with van der Waals surface area (Å²) in [5.41, 5.74) is 2.64. The van der Waals surface area contributed by atoms with Crippen molar-refractivity contribution in [2.24, 2.45) is 0 Å². The van der Waals surface area contributed by atoms with Crippen molar-refractivity contribution >= 4 is 17.6 Å². The number of nitrogens with zero attached hydrogens (tertiary/aromatic N) is 2. The van der Waals surface area contributed by atoms with E-state index in [9.17, 15) is 14.9 Å². The van der Waals surface area contributed by atoms with E-state index in [4.69, 9.17) is 4.74 Å². The molecule has 2 rings (SSSR count). The third kappa shape index (κ3) is 4.54. The number of carbonyl (C=O) groups is 2. The van der Waals surface area contributed by atoms with Crippen LogP contribution in [0.15, 0.2) is 48.3 Å². The van der Waals surface area contributed by atoms with E-state index in [1.807, 2.05) is 26.0 Å². The highest BCUT2D eigenvalue weighted by molar-refractivity contribution is 6.07. The fourth-order valence-electron chi connectivity index (χ4n) is 2.50. The zero-order chi connectivity index (χ0) is 19.1. The van der Waals surface area contributed by atoms with E-state index in [1.165, 1.54) is 12.4 Å². The molecule has 0 bridgehead atoms. The van der Waals surface area contributed by atoms with Gasteiger partial charge in [-0.3, -0.25) is 9.78 Å². The van der Waals surface area contributed by atoms with E-state index in [-0.39, 0.29) is 17.9 Å². The maximum atomic E-state index is 12.7. The van der Waals surface area contributed by atoms with Crippen molar-refractivity contribution in [3.8, 4) is 6.07 Å². The zero-order valence-corrected chi connectivity index (χ0v) is 14.9. The van der Waals surface area contributed by atoms with Crippen LogP contribution in [0.25, 0.3) is 5.70 Å². The number of benzene rings is 1. The molecule has 0 saturated heterocycles. The molecule has 0 spiro atoms. The maximum Gasteiger partial charge on any atom is 0.351 e. The first-order valence-electron chi connectivity index (χ1n) is 8.07. The Morgan fingerprint density at radius 1 is 1.12 bits per heavy atom. The first-order chi connectivity index (χ1) is 12.5. The molecule has 0 atom stereocenters. The number of nitriles is 1. The topological polar surface area (TPSA) is 92.1 Å². The lowest BCUT2D eigenvalue weighted by Crippen LogP contribution is -2.25. The standard InChI is InChI=1S/C20H19N3O3/c1-4-26-20(25)17(12-21)18(15-5-7-22-8-6-15)23-19(24)16-10-13(2)9-14(3)11-16/h5-11H,4H2,1-3H3,(H,23,24)/b18-17+. The molecule has 0 fully saturated rings. The van der Waals surface area contributed by atoms with Gasteiger partial charge in [-0.05, 0) is 45.0 Å². The van der Waals surface area contributed by atoms with Crippen LogP contribution in [0.5, 0.6) is 0 Å². The number of rotatable bonds is 5. The van der Waals surface area contributed by atoms with Gasteiger partial charge in [0, 0.05) is 23.5 Å². The lowest BCUT2D eigenvalue weighted by molar-refractivity contribution is -0.137. The quantitative estimate of drug-likeness (QED) is 0.509. The van der Waals surface area contributed by atoms with Crippen molar-refractivity contribution in [1.29, 1.82) is 5.26 Å². The van der Waals surface area contributed by atoms with Crippen LogP contribution >= 0.6 is 0 Å². The maximum absolute atomic E-state index is 12.7. The third-order valence-electron chi connectivity index (χ3n) is 3.53. The molecule has 1 aromatic heterocycles. The summed E-state index contributed by atoms with van der Waals surface area (Å²) in [6, 6.07) is 10.5. The van der Waals surface area contributed by atoms with E-state index in [0.29, 0.717) is 11.1 Å². The molecule has 0 saturated carbocycles. The summed E-state index contributed by atoms with van der Waals surface area (Å²) in [5, 5.41) is 12.1. The van der Waals surface area contributed by atoms with Gasteiger partial charge in [0.2, 0.25) is 0 Å². The van der Waals surface area contributed by atoms with Crippen molar-refractivity contribution in [3.63, 3.8) is 0 Å². The van der Waals surface area contributed by atoms with Crippen LogP contribution in [0.4, 0.5) is 0 Å². The monoisotopic (exact) mass is 349 g/mol. The second-order valence-corrected chi connectivity index (χ2v) is 5.65. The van der Waals surface area contributed by atoms with E-state index in [2.05, 4.69) is 10.3 Å². The minimum atomic E-state index is -0.789. The Morgan fingerprint density at radius 3 is 2.27 bits per heavy atom. The molecule has 1 N–H and O–H groups in total. The van der Waals surface area contributed by atoms with Crippen LogP contribution in [0.2, 0.25) is 0 Å². The number of nitrogens with one attached hydrogen (secondary N) is 1. The van der Waals surface area contributed by atoms with Gasteiger partial charge in [0.05, 0.1) is 12.3 Å². The first kappa shape index (κ1) is 18.9. The number of ether oxygens (including phenoxy) is 1. The smallest absolute Gasteiger partial charge is 0.351 e. The number of pyridine rings is 1. The first-order valence-corrected chi connectivity index (χ1v) is 8.07. The number of hydrogen-bond acceptors (Lipinski definition) is 5. The van der Waals surface area contributed by atoms with Gasteiger partial charge < -0.3 is 10.1 Å². The molecule has 1 heterocycles. The van der Waals surface area contributed by atoms with Crippen molar-refractivity contribution in [2.45, 2.75) is 20.8 Å². The van der Waals surface area contributed by atoms with E-state index in [0.717, 1.165) is 11.1 Å². The van der Waals surface area contributed by atoms with Gasteiger partial charge in [-0.25, -0.2) is 4.79 Å². The third-order valence-corrected chi connectivity index (χ3v) is 3.53. The van der Waals surface area contributed by atoms with Gasteiger partial charge in [0.1, 0.15) is 6.07 Å². The van der Waals surface area contributed by atoms with Gasteiger partial charge in [0.15, 0.2) is 5.57 Å². The molecule has 1 amide bonds. The number of amides is 1. The van der Waals surface area contributed by atoms with E-state index < -0.39 is 11.9 Å². The molecular formula is C20H19N3O3. The summed E-state index contributed by atoms with van der Waals surface area (Å²) in [7, 11) is 0. The molecule has 0 aliphatic heterocycles. The molecule has 0 aliphatic carbocycles. The van der Waals surface area contributed by atoms with E-state index >= 15 is 0 Å². The van der Waals surface area contributed by atoms with Crippen molar-refractivity contribution in [1.82, 2.24) is 10.3 Å². The highest BCUT2D eigenvalue weighted by Gasteiger charge is 2.21. The molecule has 0 radical (unpaired) electrons. The van der Waals surface area contributed by atoms with Crippen LogP contribution in [0.1, 0.15) is 34.0 Å². The molecule has 6 heteroatoms. The summed E-state index contributed by atoms with van der Waals surface area (Å²) < 4.78 is 4.94. The minimum absolute atomic E-state index is 0.0949. The van der Waals surface area contributed by atoms with Crippen LogP contribution in [0, 0.1) is 25.2 Å². The van der Waals surface area contributed by atoms with E-state index in [1.54, 1.807) is 31.2 Å². The van der Waals surface area contributed by atoms with Gasteiger partial charge >= 0.3 is 5.97 Å². The predicted octanol–water partition coefficient (Wildman–Crippen LogP) is 2.93. The Bertz CT molecular complexity index is 876. The molecular weight excluding hydrogens is 330 g/mol. The van der Waals surface area contributed by atoms with Crippen molar-refractivity contribution < 1.29 is 14.3 Å². The second-order valence-electron chi connectivity index (χ2n) is 5.65. The summed E-state index contributed by atoms with van der Waals surface area (Å²) in [5.74, 6) is -1.21. The summed E-state index contributed by atoms with van der Waals surface area (Å²) in [4.78, 5) is 28.8. The number of hydrogen-bond donors (Lipinski definition) is 1. The fourth-order valence-corrected chi connectivity index (χ4v) is 2.50. The van der Waals surface area contributed by atoms with Gasteiger partial charge in [-0.1, -0.05) is 17.2 Å². The number of aromatic nitrogens is 1. The number of carbonyl (C=O) groups excluding carboxylic acids is 2. The Balaban J connectivity index is 2.50. The van der Waals surface area contributed by atoms with Crippen LogP contribution in [-0.2, 0) is 9.53 Å². The predicted molar refractivity (Wildman–Crippen MR) is 96.8 cm³/mol. The Kier molecular flexibility index (Phi) is 6.23. The largest absolute Gasteiger partial charge is 0.462 e. The number of aryl methyl sites for hydroxylation is 2. The second kappa shape index (κ2) is 8.58. The summed E-state index contributed by atoms with van der Waals surface area (Å²) in [6.45, 7) is 5.55. The van der Waals surface area contributed by atoms with Gasteiger partial charge in [-0.2, -0.15) is 5.26 Å². The molecule has 2 aromatic rings. The lowest BCUT2D eigenvalue weighted by Gasteiger charge is -2.13. The molecule has 1 aromatic carbocycles. The highest BCUT2D eigenvalue weighted by Crippen LogP contribution is 2.18. The Labute approximate surface area is 152 Å². The Morgan fingerprint density at radius 2 is 1.73 bits per heavy atom. The Hall–Kier alpha value is -3.46. The summed E-state index contributed by atoms with van der Waals surface area (Å²) >= 11 is 0. The molecule has 0 unspecified atom stereocenters. The average molecular weight is 349 g/mol. The van der Waals surface area contributed by atoms with Crippen LogP contribution in [-0.4, -0.2) is 23.5 Å². The van der Waals surface area contributed by atoms with Crippen molar-refractivity contribution in [3.05, 3.63) is 70.6 Å². The lowest BCUT2D eigenvalue weighted by atomic mass is 10.0. The van der Waals surface area contributed by atoms with Gasteiger partial charge in [0.25, 0.3) is 5.91 Å². The van der Waals surface area contributed by atoms with Crippen LogP contribution in [0.3, 0.4) is 0 Å². The molecule has 6 nitrogen and oxygen atoms in total. The zero-order valence-electron chi connectivity index (χ0n) is 14.9. The van der Waals surface area contributed by atoms with Gasteiger partial charge in [-0.15, -0.1) is 0 Å². The fraction of sp³-hybridized carbons (Fsp3) is 0.200. The van der Waals surface area contributed by atoms with Crippen molar-refractivity contribution in [2.75, 3.05) is 6.61 Å². The molecule has 132 valence electrons. The minimum Gasteiger partial charge on any atom is -0.462 e. The number of esters is 1. The highest BCUT2D eigenvalue weighted by atomic mass is 16.5. The molecule has 0 aliphatic rings. The van der Waals surface area contributed by atoms with Crippen LogP contribution < -0.4 is 5.32 Å². The average Bonchev–Trinajstić information content (AvgIpc) is 2.61. The SMILES string of the molecule is CCOC(=O)/C(C#N)=C(/NC(=O)c1cc(C)cc(C)c1)c1ccncc1. The summed E-state index contributed by atoms with van der Waals surface area (Å²) in [6.07, 6.45) is 3.02. The normalized spacial score (nSPS) is 11.2.